The van der Waals surface area contributed by atoms with Gasteiger partial charge < -0.3 is 10.2 Å². The van der Waals surface area contributed by atoms with Crippen molar-refractivity contribution < 1.29 is 4.79 Å². The zero-order valence-corrected chi connectivity index (χ0v) is 11.9. The normalized spacial score (nSPS) is 14.9. The lowest BCUT2D eigenvalue weighted by Gasteiger charge is -2.14. The Kier molecular flexibility index (Phi) is 3.39. The molecule has 20 heavy (non-hydrogen) atoms. The number of aryl methyl sites for hydroxylation is 1. The molecule has 1 aliphatic rings. The van der Waals surface area contributed by atoms with Gasteiger partial charge in [0.2, 0.25) is 16.0 Å². The van der Waals surface area contributed by atoms with E-state index in [1.54, 1.807) is 6.92 Å². The minimum Gasteiger partial charge on any atom is -0.351 e. The van der Waals surface area contributed by atoms with E-state index in [2.05, 4.69) is 15.4 Å². The van der Waals surface area contributed by atoms with Gasteiger partial charge in [-0.25, -0.2) is 4.98 Å². The first-order chi connectivity index (χ1) is 9.63. The van der Waals surface area contributed by atoms with Gasteiger partial charge in [0.1, 0.15) is 0 Å². The second-order valence-corrected chi connectivity index (χ2v) is 5.73. The third kappa shape index (κ3) is 2.51. The van der Waals surface area contributed by atoms with Crippen LogP contribution in [0, 0.1) is 6.92 Å². The van der Waals surface area contributed by atoms with E-state index in [-0.39, 0.29) is 18.0 Å². The Hall–Kier alpha value is -1.96. The fraction of sp³-hybridized carbons (Fsp3) is 0.500. The van der Waals surface area contributed by atoms with E-state index < -0.39 is 0 Å². The number of hydrogen-bond acceptors (Lipinski definition) is 6. The number of hydrogen-bond donors (Lipinski definition) is 1. The molecule has 3 rings (SSSR count). The quantitative estimate of drug-likeness (QED) is 0.891. The Morgan fingerprint density at radius 2 is 2.20 bits per heavy atom. The Labute approximate surface area is 119 Å². The number of nitrogens with one attached hydrogen (secondary N) is 1. The molecule has 1 amide bonds. The van der Waals surface area contributed by atoms with E-state index in [1.165, 1.54) is 21.9 Å². The second kappa shape index (κ2) is 5.20. The molecule has 1 N–H and O–H groups in total. The van der Waals surface area contributed by atoms with Gasteiger partial charge in [-0.05, 0) is 19.8 Å². The summed E-state index contributed by atoms with van der Waals surface area (Å²) in [6, 6.07) is 1.44. The molecule has 8 heteroatoms. The van der Waals surface area contributed by atoms with Crippen molar-refractivity contribution in [2.45, 2.75) is 19.8 Å². The van der Waals surface area contributed by atoms with Crippen molar-refractivity contribution in [2.75, 3.05) is 25.0 Å². The highest BCUT2D eigenvalue weighted by Gasteiger charge is 2.18. The summed E-state index contributed by atoms with van der Waals surface area (Å²) >= 11 is 1.27. The molecule has 0 saturated carbocycles. The van der Waals surface area contributed by atoms with Crippen molar-refractivity contribution in [3.63, 3.8) is 0 Å². The van der Waals surface area contributed by atoms with Crippen LogP contribution in [-0.2, 0) is 4.79 Å². The van der Waals surface area contributed by atoms with E-state index in [0.717, 1.165) is 25.9 Å². The SMILES string of the molecule is Cc1cc(=O)n2nc(NCC(=O)N3CCCC3)sc2n1. The fourth-order valence-electron chi connectivity index (χ4n) is 2.22. The van der Waals surface area contributed by atoms with Crippen LogP contribution in [0.1, 0.15) is 18.5 Å². The van der Waals surface area contributed by atoms with Gasteiger partial charge in [0.05, 0.1) is 6.54 Å². The van der Waals surface area contributed by atoms with Crippen molar-refractivity contribution in [3.8, 4) is 0 Å². The maximum Gasteiger partial charge on any atom is 0.275 e. The smallest absolute Gasteiger partial charge is 0.275 e. The molecular formula is C12H15N5O2S. The predicted molar refractivity (Wildman–Crippen MR) is 76.2 cm³/mol. The highest BCUT2D eigenvalue weighted by atomic mass is 32.1. The summed E-state index contributed by atoms with van der Waals surface area (Å²) in [7, 11) is 0. The highest BCUT2D eigenvalue weighted by Crippen LogP contribution is 2.16. The van der Waals surface area contributed by atoms with Gasteiger partial charge in [-0.2, -0.15) is 4.52 Å². The Morgan fingerprint density at radius 1 is 1.45 bits per heavy atom. The molecule has 0 unspecified atom stereocenters. The first kappa shape index (κ1) is 13.0. The van der Waals surface area contributed by atoms with Gasteiger partial charge in [0.15, 0.2) is 0 Å². The van der Waals surface area contributed by atoms with E-state index in [0.29, 0.717) is 15.8 Å². The number of aromatic nitrogens is 3. The topological polar surface area (TPSA) is 79.6 Å². The maximum absolute atomic E-state index is 11.9. The van der Waals surface area contributed by atoms with Gasteiger partial charge in [0.25, 0.3) is 5.56 Å². The third-order valence-electron chi connectivity index (χ3n) is 3.22. The van der Waals surface area contributed by atoms with Crippen LogP contribution in [0.4, 0.5) is 5.13 Å². The summed E-state index contributed by atoms with van der Waals surface area (Å²) in [6.07, 6.45) is 2.15. The van der Waals surface area contributed by atoms with Gasteiger partial charge >= 0.3 is 0 Å². The van der Waals surface area contributed by atoms with Crippen LogP contribution in [-0.4, -0.2) is 45.0 Å². The van der Waals surface area contributed by atoms with Gasteiger partial charge in [-0.1, -0.05) is 11.3 Å². The molecule has 0 aliphatic carbocycles. The lowest BCUT2D eigenvalue weighted by Crippen LogP contribution is -2.33. The number of rotatable bonds is 3. The molecule has 7 nitrogen and oxygen atoms in total. The van der Waals surface area contributed by atoms with Crippen molar-refractivity contribution in [3.05, 3.63) is 22.1 Å². The van der Waals surface area contributed by atoms with E-state index >= 15 is 0 Å². The summed E-state index contributed by atoms with van der Waals surface area (Å²) in [4.78, 5) is 30.3. The zero-order chi connectivity index (χ0) is 14.1. The van der Waals surface area contributed by atoms with Crippen LogP contribution in [0.3, 0.4) is 0 Å². The molecule has 0 spiro atoms. The average Bonchev–Trinajstić information content (AvgIpc) is 3.04. The minimum atomic E-state index is -0.206. The van der Waals surface area contributed by atoms with Gasteiger partial charge in [-0.15, -0.1) is 5.10 Å². The maximum atomic E-state index is 11.9. The average molecular weight is 293 g/mol. The van der Waals surface area contributed by atoms with E-state index in [4.69, 9.17) is 0 Å². The number of carbonyl (C=O) groups is 1. The van der Waals surface area contributed by atoms with Gasteiger partial charge in [0, 0.05) is 24.8 Å². The predicted octanol–water partition coefficient (Wildman–Crippen LogP) is 0.494. The lowest BCUT2D eigenvalue weighted by molar-refractivity contribution is -0.128. The molecular weight excluding hydrogens is 278 g/mol. The standard InChI is InChI=1S/C12H15N5O2S/c1-8-6-9(18)17-12(14-8)20-11(15-17)13-7-10(19)16-4-2-3-5-16/h6H,2-5,7H2,1H3,(H,13,15). The zero-order valence-electron chi connectivity index (χ0n) is 11.1. The molecule has 106 valence electrons. The second-order valence-electron chi connectivity index (χ2n) is 4.78. The molecule has 1 aliphatic heterocycles. The molecule has 1 fully saturated rings. The molecule has 3 heterocycles. The van der Waals surface area contributed by atoms with Crippen molar-refractivity contribution in [2.24, 2.45) is 0 Å². The molecule has 0 aromatic carbocycles. The first-order valence-corrected chi connectivity index (χ1v) is 7.34. The Morgan fingerprint density at radius 3 is 2.95 bits per heavy atom. The molecule has 0 bridgehead atoms. The number of fused-ring (bicyclic) bond motifs is 1. The van der Waals surface area contributed by atoms with Crippen LogP contribution < -0.4 is 10.9 Å². The summed E-state index contributed by atoms with van der Waals surface area (Å²) < 4.78 is 1.25. The van der Waals surface area contributed by atoms with Crippen LogP contribution in [0.15, 0.2) is 10.9 Å². The van der Waals surface area contributed by atoms with Crippen molar-refractivity contribution in [1.29, 1.82) is 0 Å². The summed E-state index contributed by atoms with van der Waals surface area (Å²) in [5.41, 5.74) is 0.459. The molecule has 0 radical (unpaired) electrons. The summed E-state index contributed by atoms with van der Waals surface area (Å²) in [5.74, 6) is 0.0678. The van der Waals surface area contributed by atoms with Crippen LogP contribution in [0.25, 0.3) is 4.96 Å². The number of amides is 1. The van der Waals surface area contributed by atoms with Crippen LogP contribution in [0.5, 0.6) is 0 Å². The first-order valence-electron chi connectivity index (χ1n) is 6.53. The molecule has 2 aromatic heterocycles. The van der Waals surface area contributed by atoms with E-state index in [1.807, 2.05) is 4.90 Å². The Balaban J connectivity index is 1.73. The van der Waals surface area contributed by atoms with Crippen LogP contribution in [0.2, 0.25) is 0 Å². The number of nitrogens with zero attached hydrogens (tertiary/aromatic N) is 4. The largest absolute Gasteiger partial charge is 0.351 e. The van der Waals surface area contributed by atoms with Crippen LogP contribution >= 0.6 is 11.3 Å². The fourth-order valence-corrected chi connectivity index (χ4v) is 3.07. The third-order valence-corrected chi connectivity index (χ3v) is 4.09. The minimum absolute atomic E-state index is 0.0678. The van der Waals surface area contributed by atoms with Gasteiger partial charge in [-0.3, -0.25) is 9.59 Å². The molecule has 1 saturated heterocycles. The molecule has 0 atom stereocenters. The molecule has 2 aromatic rings. The Bertz CT molecular complexity index is 701. The lowest BCUT2D eigenvalue weighted by atomic mass is 10.4. The van der Waals surface area contributed by atoms with Crippen molar-refractivity contribution in [1.82, 2.24) is 19.5 Å². The highest BCUT2D eigenvalue weighted by molar-refractivity contribution is 7.20. The number of anilines is 1. The summed E-state index contributed by atoms with van der Waals surface area (Å²) in [5, 5.41) is 7.64. The van der Waals surface area contributed by atoms with E-state index in [9.17, 15) is 9.59 Å². The summed E-state index contributed by atoms with van der Waals surface area (Å²) in [6.45, 7) is 3.64. The number of carbonyl (C=O) groups excluding carboxylic acids is 1. The monoisotopic (exact) mass is 293 g/mol. The van der Waals surface area contributed by atoms with Crippen molar-refractivity contribution >= 4 is 27.3 Å². The number of likely N-dealkylation sites (tertiary alicyclic amines) is 1.